The van der Waals surface area contributed by atoms with Crippen LogP contribution in [-0.4, -0.2) is 47.7 Å². The van der Waals surface area contributed by atoms with Gasteiger partial charge in [0.2, 0.25) is 5.91 Å². The average Bonchev–Trinajstić information content (AvgIpc) is 2.11. The van der Waals surface area contributed by atoms with Crippen LogP contribution in [0.4, 0.5) is 0 Å². The van der Waals surface area contributed by atoms with Crippen LogP contribution in [0.3, 0.4) is 0 Å². The van der Waals surface area contributed by atoms with Crippen LogP contribution in [0, 0.1) is 5.92 Å². The van der Waals surface area contributed by atoms with Gasteiger partial charge in [0, 0.05) is 6.54 Å². The van der Waals surface area contributed by atoms with E-state index in [1.54, 1.807) is 11.8 Å². The molecule has 14 heavy (non-hydrogen) atoms. The van der Waals surface area contributed by atoms with Crippen molar-refractivity contribution >= 4 is 11.9 Å². The zero-order chi connectivity index (χ0) is 10.7. The van der Waals surface area contributed by atoms with Crippen LogP contribution in [-0.2, 0) is 14.3 Å². The highest BCUT2D eigenvalue weighted by Gasteiger charge is 2.28. The summed E-state index contributed by atoms with van der Waals surface area (Å²) < 4.78 is 5.03. The Morgan fingerprint density at radius 3 is 2.93 bits per heavy atom. The summed E-state index contributed by atoms with van der Waals surface area (Å²) in [6.07, 6.45) is 0. The predicted octanol–water partition coefficient (Wildman–Crippen LogP) is -0.0456. The SMILES string of the molecule is CC(CN1C(=O)COCC1C)C(=O)O. The van der Waals surface area contributed by atoms with Gasteiger partial charge in [-0.3, -0.25) is 9.59 Å². The molecule has 5 nitrogen and oxygen atoms in total. The minimum absolute atomic E-state index is 0.0296. The van der Waals surface area contributed by atoms with E-state index in [-0.39, 0.29) is 25.1 Å². The van der Waals surface area contributed by atoms with Gasteiger partial charge in [0.1, 0.15) is 6.61 Å². The van der Waals surface area contributed by atoms with Crippen LogP contribution >= 0.6 is 0 Å². The largest absolute Gasteiger partial charge is 0.481 e. The Hall–Kier alpha value is -1.10. The molecular weight excluding hydrogens is 186 g/mol. The molecule has 0 aromatic carbocycles. The fraction of sp³-hybridized carbons (Fsp3) is 0.778. The summed E-state index contributed by atoms with van der Waals surface area (Å²) in [7, 11) is 0. The normalized spacial score (nSPS) is 24.9. The molecule has 0 aliphatic carbocycles. The van der Waals surface area contributed by atoms with Crippen LogP contribution in [0.5, 0.6) is 0 Å². The Morgan fingerprint density at radius 1 is 1.79 bits per heavy atom. The summed E-state index contributed by atoms with van der Waals surface area (Å²) >= 11 is 0. The molecule has 1 aliphatic heterocycles. The van der Waals surface area contributed by atoms with E-state index in [1.165, 1.54) is 0 Å². The predicted molar refractivity (Wildman–Crippen MR) is 48.8 cm³/mol. The molecule has 2 unspecified atom stereocenters. The highest BCUT2D eigenvalue weighted by atomic mass is 16.5. The minimum Gasteiger partial charge on any atom is -0.481 e. The number of carbonyl (C=O) groups is 2. The molecule has 0 aromatic rings. The van der Waals surface area contributed by atoms with E-state index in [9.17, 15) is 9.59 Å². The quantitative estimate of drug-likeness (QED) is 0.695. The molecule has 1 saturated heterocycles. The van der Waals surface area contributed by atoms with Crippen molar-refractivity contribution in [1.29, 1.82) is 0 Å². The number of carbonyl (C=O) groups excluding carboxylic acids is 1. The first-order valence-corrected chi connectivity index (χ1v) is 4.62. The number of carboxylic acids is 1. The van der Waals surface area contributed by atoms with Gasteiger partial charge in [-0.2, -0.15) is 0 Å². The molecule has 0 spiro atoms. The van der Waals surface area contributed by atoms with E-state index < -0.39 is 11.9 Å². The van der Waals surface area contributed by atoms with E-state index >= 15 is 0 Å². The van der Waals surface area contributed by atoms with Crippen molar-refractivity contribution in [2.24, 2.45) is 5.92 Å². The lowest BCUT2D eigenvalue weighted by molar-refractivity contribution is -0.151. The molecule has 0 saturated carbocycles. The van der Waals surface area contributed by atoms with Gasteiger partial charge in [0.05, 0.1) is 18.6 Å². The van der Waals surface area contributed by atoms with E-state index in [0.717, 1.165) is 0 Å². The number of carboxylic acid groups (broad SMARTS) is 1. The lowest BCUT2D eigenvalue weighted by Crippen LogP contribution is -2.50. The molecule has 0 aromatic heterocycles. The minimum atomic E-state index is -0.878. The number of aliphatic carboxylic acids is 1. The Kier molecular flexibility index (Phi) is 3.46. The number of hydrogen-bond donors (Lipinski definition) is 1. The van der Waals surface area contributed by atoms with Crippen molar-refractivity contribution in [3.8, 4) is 0 Å². The van der Waals surface area contributed by atoms with Crippen LogP contribution in [0.15, 0.2) is 0 Å². The lowest BCUT2D eigenvalue weighted by atomic mass is 10.1. The summed E-state index contributed by atoms with van der Waals surface area (Å²) in [5.74, 6) is -1.53. The summed E-state index contributed by atoms with van der Waals surface area (Å²) in [5.41, 5.74) is 0. The highest BCUT2D eigenvalue weighted by molar-refractivity contribution is 5.79. The molecule has 2 atom stereocenters. The van der Waals surface area contributed by atoms with Gasteiger partial charge in [-0.25, -0.2) is 0 Å². The summed E-state index contributed by atoms with van der Waals surface area (Å²) in [6.45, 7) is 4.26. The van der Waals surface area contributed by atoms with Gasteiger partial charge in [-0.1, -0.05) is 6.92 Å². The number of rotatable bonds is 3. The molecular formula is C9H15NO4. The number of hydrogen-bond acceptors (Lipinski definition) is 3. The Bertz CT molecular complexity index is 241. The molecule has 1 amide bonds. The second-order valence-corrected chi connectivity index (χ2v) is 3.65. The van der Waals surface area contributed by atoms with Gasteiger partial charge in [-0.05, 0) is 6.92 Å². The van der Waals surface area contributed by atoms with Crippen molar-refractivity contribution in [2.75, 3.05) is 19.8 Å². The molecule has 1 heterocycles. The molecule has 1 aliphatic rings. The van der Waals surface area contributed by atoms with Crippen LogP contribution in [0.2, 0.25) is 0 Å². The van der Waals surface area contributed by atoms with Crippen molar-refractivity contribution in [2.45, 2.75) is 19.9 Å². The molecule has 5 heteroatoms. The van der Waals surface area contributed by atoms with Crippen LogP contribution in [0.1, 0.15) is 13.8 Å². The van der Waals surface area contributed by atoms with E-state index in [4.69, 9.17) is 9.84 Å². The summed E-state index contributed by atoms with van der Waals surface area (Å²) in [4.78, 5) is 23.6. The Morgan fingerprint density at radius 2 is 2.43 bits per heavy atom. The zero-order valence-corrected chi connectivity index (χ0v) is 8.40. The Labute approximate surface area is 82.6 Å². The second-order valence-electron chi connectivity index (χ2n) is 3.65. The second kappa shape index (κ2) is 4.41. The molecule has 1 fully saturated rings. The van der Waals surface area contributed by atoms with E-state index in [1.807, 2.05) is 6.92 Å². The number of morpholine rings is 1. The lowest BCUT2D eigenvalue weighted by Gasteiger charge is -2.34. The van der Waals surface area contributed by atoms with Crippen molar-refractivity contribution in [3.05, 3.63) is 0 Å². The van der Waals surface area contributed by atoms with Gasteiger partial charge < -0.3 is 14.7 Å². The van der Waals surface area contributed by atoms with Crippen LogP contribution < -0.4 is 0 Å². The molecule has 80 valence electrons. The third-order valence-electron chi connectivity index (χ3n) is 2.33. The zero-order valence-electron chi connectivity index (χ0n) is 8.40. The van der Waals surface area contributed by atoms with Gasteiger partial charge in [0.15, 0.2) is 0 Å². The van der Waals surface area contributed by atoms with E-state index in [2.05, 4.69) is 0 Å². The maximum atomic E-state index is 11.4. The summed E-state index contributed by atoms with van der Waals surface area (Å²) in [5, 5.41) is 8.72. The third-order valence-corrected chi connectivity index (χ3v) is 2.33. The fourth-order valence-corrected chi connectivity index (χ4v) is 1.39. The maximum absolute atomic E-state index is 11.4. The van der Waals surface area contributed by atoms with Crippen molar-refractivity contribution < 1.29 is 19.4 Å². The molecule has 1 N–H and O–H groups in total. The average molecular weight is 201 g/mol. The monoisotopic (exact) mass is 201 g/mol. The van der Waals surface area contributed by atoms with Gasteiger partial charge in [0.25, 0.3) is 0 Å². The van der Waals surface area contributed by atoms with Gasteiger partial charge in [-0.15, -0.1) is 0 Å². The number of nitrogens with zero attached hydrogens (tertiary/aromatic N) is 1. The standard InChI is InChI=1S/C9H15NO4/c1-6(9(12)13)3-10-7(2)4-14-5-8(10)11/h6-7H,3-5H2,1-2H3,(H,12,13). The highest BCUT2D eigenvalue weighted by Crippen LogP contribution is 2.10. The number of amides is 1. The summed E-state index contributed by atoms with van der Waals surface area (Å²) in [6, 6.07) is -0.0296. The Balaban J connectivity index is 2.56. The number of ether oxygens (including phenoxy) is 1. The maximum Gasteiger partial charge on any atom is 0.308 e. The van der Waals surface area contributed by atoms with E-state index in [0.29, 0.717) is 6.61 Å². The van der Waals surface area contributed by atoms with Gasteiger partial charge >= 0.3 is 5.97 Å². The van der Waals surface area contributed by atoms with Crippen LogP contribution in [0.25, 0.3) is 0 Å². The third kappa shape index (κ3) is 2.45. The van der Waals surface area contributed by atoms with Crippen molar-refractivity contribution in [1.82, 2.24) is 4.90 Å². The smallest absolute Gasteiger partial charge is 0.308 e. The molecule has 0 bridgehead atoms. The molecule has 1 rings (SSSR count). The first-order chi connectivity index (χ1) is 6.52. The topological polar surface area (TPSA) is 66.8 Å². The first kappa shape index (κ1) is 11.0. The molecule has 0 radical (unpaired) electrons. The first-order valence-electron chi connectivity index (χ1n) is 4.62. The fourth-order valence-electron chi connectivity index (χ4n) is 1.39. The van der Waals surface area contributed by atoms with Crippen molar-refractivity contribution in [3.63, 3.8) is 0 Å².